The van der Waals surface area contributed by atoms with Crippen molar-refractivity contribution in [2.45, 2.75) is 6.42 Å². The van der Waals surface area contributed by atoms with Gasteiger partial charge >= 0.3 is 11.9 Å². The lowest BCUT2D eigenvalue weighted by atomic mass is 10.1. The molecule has 0 saturated heterocycles. The summed E-state index contributed by atoms with van der Waals surface area (Å²) in [5.41, 5.74) is 11.7. The van der Waals surface area contributed by atoms with Crippen molar-refractivity contribution in [3.63, 3.8) is 0 Å². The molecule has 13 heteroatoms. The van der Waals surface area contributed by atoms with Crippen LogP contribution in [0, 0.1) is 0 Å². The number of nitrogens with zero attached hydrogens (tertiary/aromatic N) is 2. The van der Waals surface area contributed by atoms with Gasteiger partial charge < -0.3 is 25.8 Å². The molecule has 2 aromatic rings. The van der Waals surface area contributed by atoms with Crippen LogP contribution in [0.1, 0.15) is 24.1 Å². The van der Waals surface area contributed by atoms with Crippen molar-refractivity contribution in [2.24, 2.45) is 16.5 Å². The van der Waals surface area contributed by atoms with Gasteiger partial charge in [-0.3, -0.25) is 14.1 Å². The molecule has 0 atom stereocenters. The van der Waals surface area contributed by atoms with Crippen molar-refractivity contribution in [1.82, 2.24) is 4.90 Å². The second-order valence-electron chi connectivity index (χ2n) is 6.42. The molecule has 0 saturated carbocycles. The van der Waals surface area contributed by atoms with Gasteiger partial charge in [0.05, 0.1) is 23.9 Å². The van der Waals surface area contributed by atoms with Crippen LogP contribution in [0.15, 0.2) is 53.5 Å². The maximum Gasteiger partial charge on any atom is 0.343 e. The van der Waals surface area contributed by atoms with Crippen molar-refractivity contribution in [2.75, 3.05) is 26.8 Å². The summed E-state index contributed by atoms with van der Waals surface area (Å²) in [4.78, 5) is 39.8. The highest BCUT2D eigenvalue weighted by atomic mass is 32.2. The largest absolute Gasteiger partial charge is 0.455 e. The van der Waals surface area contributed by atoms with Crippen molar-refractivity contribution >= 4 is 39.6 Å². The van der Waals surface area contributed by atoms with Gasteiger partial charge in [-0.15, -0.1) is 0 Å². The Labute approximate surface area is 205 Å². The van der Waals surface area contributed by atoms with Crippen molar-refractivity contribution in [3.8, 4) is 5.75 Å². The van der Waals surface area contributed by atoms with Crippen molar-refractivity contribution in [3.05, 3.63) is 59.7 Å². The summed E-state index contributed by atoms with van der Waals surface area (Å²) in [6.07, 6.45) is 0.419. The van der Waals surface area contributed by atoms with Gasteiger partial charge in [-0.2, -0.15) is 8.42 Å². The summed E-state index contributed by atoms with van der Waals surface area (Å²) in [6.45, 7) is -7.50. The minimum absolute atomic E-state index is 0.121. The fraction of sp³-hybridized carbons (Fsp3) is 0.238. The van der Waals surface area contributed by atoms with Crippen molar-refractivity contribution < 1.29 is 45.1 Å². The van der Waals surface area contributed by atoms with Crippen LogP contribution in [0.25, 0.3) is 0 Å². The topological polar surface area (TPSA) is 192 Å². The highest BCUT2D eigenvalue weighted by molar-refractivity contribution is 7.85. The van der Waals surface area contributed by atoms with Gasteiger partial charge in [0.1, 0.15) is 5.75 Å². The zero-order chi connectivity index (χ0) is 30.9. The Kier molecular flexibility index (Phi) is 7.40. The standard InChI is InChI=1S/C20H22N4O5.CH4O3S/c1-24(2)17(25)12-28-18(26)11-13-3-9-16(10-4-13)29-19(27)14-5-7-15(8-6-14)23-20(21)22;1-5(2,3)4/h3-10H,11-12H2,1-2H3,(H4,21,22,23);1H3,(H,2,3,4)/i1D3,2D3;. The molecule has 12 nitrogen and oxygen atoms in total. The quantitative estimate of drug-likeness (QED) is 0.158. The SMILES string of the molecule is CS(=O)(=O)O.[2H]C([2H])([2H])N(C(=O)COC(=O)Cc1ccc(OC(=O)c2ccc(N=C(N)N)cc2)cc1)C([2H])([2H])[2H]. The maximum absolute atomic E-state index is 12.3. The second kappa shape index (κ2) is 12.9. The highest BCUT2D eigenvalue weighted by Gasteiger charge is 2.11. The van der Waals surface area contributed by atoms with E-state index in [1.165, 1.54) is 48.5 Å². The molecule has 0 radical (unpaired) electrons. The molecular weight excluding hydrogens is 468 g/mol. The minimum atomic E-state index is -3.67. The Bertz CT molecular complexity index is 1300. The van der Waals surface area contributed by atoms with Gasteiger partial charge in [0.2, 0.25) is 0 Å². The number of aliphatic imine (C=N–C) groups is 1. The molecule has 0 aromatic heterocycles. The lowest BCUT2D eigenvalue weighted by molar-refractivity contribution is -0.150. The monoisotopic (exact) mass is 500 g/mol. The molecule has 34 heavy (non-hydrogen) atoms. The first-order valence-electron chi connectivity index (χ1n) is 12.1. The van der Waals surface area contributed by atoms with E-state index < -0.39 is 48.5 Å². The van der Waals surface area contributed by atoms with E-state index in [9.17, 15) is 22.8 Å². The van der Waals surface area contributed by atoms with Crippen LogP contribution in [0.5, 0.6) is 5.75 Å². The van der Waals surface area contributed by atoms with Crippen LogP contribution in [0.3, 0.4) is 0 Å². The smallest absolute Gasteiger partial charge is 0.343 e. The molecule has 0 heterocycles. The number of amides is 1. The maximum atomic E-state index is 12.3. The number of carbonyl (C=O) groups is 3. The molecule has 0 aliphatic rings. The van der Waals surface area contributed by atoms with E-state index in [1.54, 1.807) is 0 Å². The fourth-order valence-corrected chi connectivity index (χ4v) is 2.09. The molecule has 2 aromatic carbocycles. The number of benzene rings is 2. The molecule has 0 bridgehead atoms. The molecule has 1 amide bonds. The minimum Gasteiger partial charge on any atom is -0.455 e. The van der Waals surface area contributed by atoms with Gasteiger partial charge in [-0.05, 0) is 42.0 Å². The number of carbonyl (C=O) groups excluding carboxylic acids is 3. The zero-order valence-corrected chi connectivity index (χ0v) is 18.6. The van der Waals surface area contributed by atoms with Gasteiger partial charge in [0.25, 0.3) is 16.0 Å². The molecule has 0 spiro atoms. The molecule has 0 aliphatic carbocycles. The number of guanidine groups is 1. The summed E-state index contributed by atoms with van der Waals surface area (Å²) < 4.78 is 79.0. The summed E-state index contributed by atoms with van der Waals surface area (Å²) in [7, 11) is -3.67. The van der Waals surface area contributed by atoms with E-state index in [2.05, 4.69) is 4.99 Å². The second-order valence-corrected chi connectivity index (χ2v) is 7.88. The fourth-order valence-electron chi connectivity index (χ4n) is 2.09. The summed E-state index contributed by atoms with van der Waals surface area (Å²) in [5.74, 6) is -2.84. The summed E-state index contributed by atoms with van der Waals surface area (Å²) in [5, 5.41) is 0. The van der Waals surface area contributed by atoms with E-state index in [0.29, 0.717) is 17.5 Å². The van der Waals surface area contributed by atoms with E-state index in [-0.39, 0.29) is 28.6 Å². The summed E-state index contributed by atoms with van der Waals surface area (Å²) >= 11 is 0. The third kappa shape index (κ3) is 12.2. The Balaban J connectivity index is 0.00000146. The predicted molar refractivity (Wildman–Crippen MR) is 124 cm³/mol. The number of esters is 2. The molecule has 0 aliphatic heterocycles. The third-order valence-corrected chi connectivity index (χ3v) is 3.45. The normalized spacial score (nSPS) is 13.6. The lowest BCUT2D eigenvalue weighted by Crippen LogP contribution is -2.27. The molecular formula is C21H26N4O8S. The van der Waals surface area contributed by atoms with E-state index in [0.717, 1.165) is 0 Å². The van der Waals surface area contributed by atoms with Crippen LogP contribution in [0.4, 0.5) is 5.69 Å². The molecule has 2 rings (SSSR count). The first kappa shape index (κ1) is 19.5. The van der Waals surface area contributed by atoms with Crippen LogP contribution in [0.2, 0.25) is 0 Å². The number of nitrogens with two attached hydrogens (primary N) is 2. The van der Waals surface area contributed by atoms with E-state index in [1.807, 2.05) is 0 Å². The number of hydrogen-bond acceptors (Lipinski definition) is 8. The Hall–Kier alpha value is -3.97. The Morgan fingerprint density at radius 1 is 1.06 bits per heavy atom. The van der Waals surface area contributed by atoms with Crippen LogP contribution < -0.4 is 16.2 Å². The number of likely N-dealkylation sites (N-methyl/N-ethyl adjacent to an activating group) is 1. The average molecular weight is 501 g/mol. The number of rotatable bonds is 7. The van der Waals surface area contributed by atoms with Gasteiger partial charge in [0, 0.05) is 22.2 Å². The van der Waals surface area contributed by atoms with E-state index >= 15 is 0 Å². The number of hydrogen-bond donors (Lipinski definition) is 3. The van der Waals surface area contributed by atoms with Gasteiger partial charge in [-0.25, -0.2) is 9.79 Å². The third-order valence-electron chi connectivity index (χ3n) is 3.45. The lowest BCUT2D eigenvalue weighted by Gasteiger charge is -2.10. The Morgan fingerprint density at radius 2 is 1.62 bits per heavy atom. The first-order chi connectivity index (χ1) is 18.2. The average Bonchev–Trinajstić information content (AvgIpc) is 2.76. The van der Waals surface area contributed by atoms with Crippen LogP contribution in [-0.2, 0) is 30.9 Å². The zero-order valence-electron chi connectivity index (χ0n) is 23.8. The number of ether oxygens (including phenoxy) is 2. The summed E-state index contributed by atoms with van der Waals surface area (Å²) in [6, 6.07) is 11.9. The molecule has 0 unspecified atom stereocenters. The molecule has 0 fully saturated rings. The Morgan fingerprint density at radius 3 is 2.12 bits per heavy atom. The molecule has 5 N–H and O–H groups in total. The van der Waals surface area contributed by atoms with Crippen LogP contribution in [-0.4, -0.2) is 68.5 Å². The molecule has 184 valence electrons. The predicted octanol–water partition coefficient (Wildman–Crippen LogP) is 0.489. The van der Waals surface area contributed by atoms with Crippen LogP contribution >= 0.6 is 0 Å². The van der Waals surface area contributed by atoms with E-state index in [4.69, 9.17) is 33.7 Å². The van der Waals surface area contributed by atoms with Gasteiger partial charge in [-0.1, -0.05) is 12.1 Å². The van der Waals surface area contributed by atoms with Gasteiger partial charge in [0.15, 0.2) is 12.6 Å². The highest BCUT2D eigenvalue weighted by Crippen LogP contribution is 2.17. The first-order valence-corrected chi connectivity index (χ1v) is 10.9. The van der Waals surface area contributed by atoms with Crippen molar-refractivity contribution in [1.29, 1.82) is 0 Å².